The molecule has 1 saturated heterocycles. The zero-order valence-corrected chi connectivity index (χ0v) is 16.6. The molecule has 0 spiro atoms. The summed E-state index contributed by atoms with van der Waals surface area (Å²) in [5, 5.41) is 0.790. The Bertz CT molecular complexity index is 963. The van der Waals surface area contributed by atoms with Crippen molar-refractivity contribution in [3.63, 3.8) is 0 Å². The zero-order valence-electron chi connectivity index (χ0n) is 15.8. The fourth-order valence-corrected chi connectivity index (χ4v) is 4.35. The maximum absolute atomic E-state index is 12.7. The molecule has 0 radical (unpaired) electrons. The molecule has 0 aliphatic carbocycles. The minimum absolute atomic E-state index is 0.0244. The lowest BCUT2D eigenvalue weighted by Crippen LogP contribution is -2.42. The van der Waals surface area contributed by atoms with Gasteiger partial charge in [-0.1, -0.05) is 29.8 Å². The van der Waals surface area contributed by atoms with Crippen molar-refractivity contribution in [3.05, 3.63) is 64.7 Å². The number of esters is 1. The van der Waals surface area contributed by atoms with Gasteiger partial charge in [-0.15, -0.1) is 11.3 Å². The Morgan fingerprint density at radius 2 is 1.96 bits per heavy atom. The van der Waals surface area contributed by atoms with Crippen LogP contribution >= 0.6 is 11.3 Å². The summed E-state index contributed by atoms with van der Waals surface area (Å²) >= 11 is 1.54. The molecule has 28 heavy (non-hydrogen) atoms. The normalized spacial score (nSPS) is 16.9. The summed E-state index contributed by atoms with van der Waals surface area (Å²) in [5.41, 5.74) is 2.70. The molecule has 1 fully saturated rings. The summed E-state index contributed by atoms with van der Waals surface area (Å²) in [6.45, 7) is 3.26. The van der Waals surface area contributed by atoms with Crippen LogP contribution < -0.4 is 0 Å². The van der Waals surface area contributed by atoms with Crippen LogP contribution in [0.2, 0.25) is 0 Å². The number of nitrogens with zero attached hydrogens (tertiary/aromatic N) is 2. The van der Waals surface area contributed by atoms with E-state index in [4.69, 9.17) is 4.74 Å². The SMILES string of the molecule is Cc1ccc(C(=O)N2CCCC(C(=O)OCc3nc4ccccc4s3)C2)cc1. The van der Waals surface area contributed by atoms with Gasteiger partial charge in [-0.2, -0.15) is 0 Å². The first-order valence-electron chi connectivity index (χ1n) is 9.47. The predicted molar refractivity (Wildman–Crippen MR) is 109 cm³/mol. The van der Waals surface area contributed by atoms with Gasteiger partial charge in [-0.3, -0.25) is 9.59 Å². The fraction of sp³-hybridized carbons (Fsp3) is 0.318. The van der Waals surface area contributed by atoms with Crippen LogP contribution in [-0.2, 0) is 16.1 Å². The van der Waals surface area contributed by atoms with Crippen LogP contribution in [0.4, 0.5) is 0 Å². The zero-order chi connectivity index (χ0) is 19.5. The summed E-state index contributed by atoms with van der Waals surface area (Å²) < 4.78 is 6.60. The van der Waals surface area contributed by atoms with E-state index in [1.165, 1.54) is 11.3 Å². The molecule has 4 rings (SSSR count). The summed E-state index contributed by atoms with van der Waals surface area (Å²) in [7, 11) is 0. The van der Waals surface area contributed by atoms with Crippen molar-refractivity contribution < 1.29 is 14.3 Å². The van der Waals surface area contributed by atoms with E-state index in [1.54, 1.807) is 4.90 Å². The second-order valence-corrected chi connectivity index (χ2v) is 8.25. The van der Waals surface area contributed by atoms with E-state index in [2.05, 4.69) is 4.98 Å². The number of rotatable bonds is 4. The highest BCUT2D eigenvalue weighted by atomic mass is 32.1. The van der Waals surface area contributed by atoms with Gasteiger partial charge in [-0.25, -0.2) is 4.98 Å². The van der Waals surface area contributed by atoms with Gasteiger partial charge >= 0.3 is 5.97 Å². The van der Waals surface area contributed by atoms with Crippen molar-refractivity contribution in [1.82, 2.24) is 9.88 Å². The van der Waals surface area contributed by atoms with Crippen molar-refractivity contribution in [2.45, 2.75) is 26.4 Å². The predicted octanol–water partition coefficient (Wildman–Crippen LogP) is 4.20. The van der Waals surface area contributed by atoms with Gasteiger partial charge in [0.2, 0.25) is 0 Å². The van der Waals surface area contributed by atoms with Gasteiger partial charge in [0, 0.05) is 18.7 Å². The van der Waals surface area contributed by atoms with E-state index < -0.39 is 0 Å². The average molecular weight is 394 g/mol. The Morgan fingerprint density at radius 3 is 2.75 bits per heavy atom. The molecule has 5 nitrogen and oxygen atoms in total. The van der Waals surface area contributed by atoms with Gasteiger partial charge in [0.15, 0.2) is 0 Å². The van der Waals surface area contributed by atoms with Gasteiger partial charge in [0.1, 0.15) is 11.6 Å². The second kappa shape index (κ2) is 8.10. The van der Waals surface area contributed by atoms with Gasteiger partial charge in [0.05, 0.1) is 16.1 Å². The lowest BCUT2D eigenvalue weighted by atomic mass is 9.97. The van der Waals surface area contributed by atoms with Gasteiger partial charge in [-0.05, 0) is 44.0 Å². The van der Waals surface area contributed by atoms with Crippen LogP contribution in [0.3, 0.4) is 0 Å². The Morgan fingerprint density at radius 1 is 1.18 bits per heavy atom. The number of carbonyl (C=O) groups is 2. The molecule has 0 bridgehead atoms. The highest BCUT2D eigenvalue weighted by Gasteiger charge is 2.30. The molecule has 1 aliphatic rings. The molecular weight excluding hydrogens is 372 g/mol. The first-order valence-corrected chi connectivity index (χ1v) is 10.3. The van der Waals surface area contributed by atoms with E-state index in [0.717, 1.165) is 33.6 Å². The van der Waals surface area contributed by atoms with Crippen molar-refractivity contribution in [2.75, 3.05) is 13.1 Å². The molecular formula is C22H22N2O3S. The quantitative estimate of drug-likeness (QED) is 0.622. The monoisotopic (exact) mass is 394 g/mol. The Labute approximate surface area is 168 Å². The summed E-state index contributed by atoms with van der Waals surface area (Å²) in [6.07, 6.45) is 1.55. The van der Waals surface area contributed by atoms with E-state index in [1.807, 2.05) is 55.5 Å². The Kier molecular flexibility index (Phi) is 5.39. The first-order chi connectivity index (χ1) is 13.6. The highest BCUT2D eigenvalue weighted by molar-refractivity contribution is 7.18. The lowest BCUT2D eigenvalue weighted by molar-refractivity contribution is -0.151. The number of fused-ring (bicyclic) bond motifs is 1. The Balaban J connectivity index is 1.36. The second-order valence-electron chi connectivity index (χ2n) is 7.14. The number of thiazole rings is 1. The minimum atomic E-state index is -0.280. The maximum Gasteiger partial charge on any atom is 0.311 e. The number of carbonyl (C=O) groups excluding carboxylic acids is 2. The number of amides is 1. The highest BCUT2D eigenvalue weighted by Crippen LogP contribution is 2.24. The molecule has 2 heterocycles. The van der Waals surface area contributed by atoms with Crippen LogP contribution in [0.5, 0.6) is 0 Å². The summed E-state index contributed by atoms with van der Waals surface area (Å²) in [6, 6.07) is 15.4. The van der Waals surface area contributed by atoms with Crippen molar-refractivity contribution in [2.24, 2.45) is 5.92 Å². The topological polar surface area (TPSA) is 59.5 Å². The van der Waals surface area contributed by atoms with Crippen LogP contribution in [-0.4, -0.2) is 34.8 Å². The van der Waals surface area contributed by atoms with E-state index in [9.17, 15) is 9.59 Å². The van der Waals surface area contributed by atoms with Gasteiger partial charge in [0.25, 0.3) is 5.91 Å². The number of aromatic nitrogens is 1. The van der Waals surface area contributed by atoms with Crippen molar-refractivity contribution >= 4 is 33.4 Å². The number of likely N-dealkylation sites (tertiary alicyclic amines) is 1. The van der Waals surface area contributed by atoms with E-state index in [0.29, 0.717) is 18.7 Å². The molecule has 1 unspecified atom stereocenters. The Hall–Kier alpha value is -2.73. The third-order valence-electron chi connectivity index (χ3n) is 5.02. The average Bonchev–Trinajstić information content (AvgIpc) is 3.15. The number of hydrogen-bond acceptors (Lipinski definition) is 5. The smallest absolute Gasteiger partial charge is 0.311 e. The molecule has 1 aromatic heterocycles. The molecule has 0 N–H and O–H groups in total. The molecule has 3 aromatic rings. The molecule has 2 aromatic carbocycles. The molecule has 144 valence electrons. The van der Waals surface area contributed by atoms with Crippen molar-refractivity contribution in [1.29, 1.82) is 0 Å². The molecule has 6 heteroatoms. The number of piperidine rings is 1. The maximum atomic E-state index is 12.7. The standard InChI is InChI=1S/C22H22N2O3S/c1-15-8-10-16(11-9-15)21(25)24-12-4-5-17(13-24)22(26)27-14-20-23-18-6-2-3-7-19(18)28-20/h2-3,6-11,17H,4-5,12-14H2,1H3. The van der Waals surface area contributed by atoms with Gasteiger partial charge < -0.3 is 9.64 Å². The first kappa shape index (κ1) is 18.6. The van der Waals surface area contributed by atoms with E-state index >= 15 is 0 Å². The van der Waals surface area contributed by atoms with Crippen LogP contribution in [0, 0.1) is 12.8 Å². The summed E-state index contributed by atoms with van der Waals surface area (Å²) in [5.74, 6) is -0.554. The van der Waals surface area contributed by atoms with Crippen LogP contribution in [0.15, 0.2) is 48.5 Å². The van der Waals surface area contributed by atoms with Crippen molar-refractivity contribution in [3.8, 4) is 0 Å². The fourth-order valence-electron chi connectivity index (χ4n) is 3.47. The molecule has 1 amide bonds. The summed E-state index contributed by atoms with van der Waals surface area (Å²) in [4.78, 5) is 31.5. The molecule has 1 atom stereocenters. The number of ether oxygens (including phenoxy) is 1. The number of para-hydroxylation sites is 1. The minimum Gasteiger partial charge on any atom is -0.458 e. The number of hydrogen-bond donors (Lipinski definition) is 0. The molecule has 0 saturated carbocycles. The van der Waals surface area contributed by atoms with Crippen LogP contribution in [0.25, 0.3) is 10.2 Å². The number of aryl methyl sites for hydroxylation is 1. The molecule has 1 aliphatic heterocycles. The third-order valence-corrected chi connectivity index (χ3v) is 6.03. The number of benzene rings is 2. The largest absolute Gasteiger partial charge is 0.458 e. The van der Waals surface area contributed by atoms with E-state index in [-0.39, 0.29) is 24.4 Å². The lowest BCUT2D eigenvalue weighted by Gasteiger charge is -2.31. The van der Waals surface area contributed by atoms with Crippen LogP contribution in [0.1, 0.15) is 33.8 Å². The third kappa shape index (κ3) is 4.07.